The molecule has 0 aromatic heterocycles. The average molecular weight is 278 g/mol. The molecule has 20 heavy (non-hydrogen) atoms. The van der Waals surface area contributed by atoms with Crippen molar-refractivity contribution in [3.63, 3.8) is 0 Å². The number of nitrogens with zero attached hydrogens (tertiary/aromatic N) is 1. The summed E-state index contributed by atoms with van der Waals surface area (Å²) in [5.74, 6) is -0.399. The van der Waals surface area contributed by atoms with E-state index >= 15 is 0 Å². The summed E-state index contributed by atoms with van der Waals surface area (Å²) < 4.78 is 14.0. The number of hydrogen-bond acceptors (Lipinski definition) is 2. The van der Waals surface area contributed by atoms with E-state index in [9.17, 15) is 9.18 Å². The number of amides is 1. The molecule has 3 nitrogen and oxygen atoms in total. The van der Waals surface area contributed by atoms with Gasteiger partial charge in [-0.1, -0.05) is 19.9 Å². The monoisotopic (exact) mass is 278 g/mol. The molecule has 1 aliphatic carbocycles. The van der Waals surface area contributed by atoms with E-state index in [2.05, 4.69) is 12.2 Å². The maximum Gasteiger partial charge on any atom is 0.256 e. The van der Waals surface area contributed by atoms with Gasteiger partial charge in [-0.15, -0.1) is 0 Å². The van der Waals surface area contributed by atoms with Crippen LogP contribution in [0, 0.1) is 5.82 Å². The van der Waals surface area contributed by atoms with Crippen LogP contribution in [0.4, 0.5) is 10.1 Å². The van der Waals surface area contributed by atoms with Crippen LogP contribution in [0.15, 0.2) is 18.2 Å². The van der Waals surface area contributed by atoms with Crippen molar-refractivity contribution >= 4 is 11.6 Å². The highest BCUT2D eigenvalue weighted by molar-refractivity contribution is 6.00. The SMILES string of the molecule is CCCNc1c(F)cccc1C(=O)N(CCC)C1CC1. The van der Waals surface area contributed by atoms with Crippen molar-refractivity contribution in [2.45, 2.75) is 45.6 Å². The predicted molar refractivity (Wildman–Crippen MR) is 79.5 cm³/mol. The van der Waals surface area contributed by atoms with Gasteiger partial charge in [-0.2, -0.15) is 0 Å². The van der Waals surface area contributed by atoms with Gasteiger partial charge in [0.15, 0.2) is 0 Å². The number of nitrogens with one attached hydrogen (secondary N) is 1. The molecule has 0 saturated heterocycles. The topological polar surface area (TPSA) is 32.3 Å². The molecule has 1 fully saturated rings. The molecule has 1 saturated carbocycles. The van der Waals surface area contributed by atoms with Crippen LogP contribution in [-0.4, -0.2) is 29.9 Å². The minimum atomic E-state index is -0.350. The van der Waals surface area contributed by atoms with Gasteiger partial charge in [0, 0.05) is 19.1 Å². The highest BCUT2D eigenvalue weighted by Crippen LogP contribution is 2.30. The van der Waals surface area contributed by atoms with Crippen LogP contribution in [-0.2, 0) is 0 Å². The summed E-state index contributed by atoms with van der Waals surface area (Å²) in [5.41, 5.74) is 0.805. The minimum absolute atomic E-state index is 0.0487. The smallest absolute Gasteiger partial charge is 0.256 e. The van der Waals surface area contributed by atoms with Crippen molar-refractivity contribution in [2.75, 3.05) is 18.4 Å². The van der Waals surface area contributed by atoms with Gasteiger partial charge < -0.3 is 10.2 Å². The van der Waals surface area contributed by atoms with Gasteiger partial charge in [0.2, 0.25) is 0 Å². The molecular weight excluding hydrogens is 255 g/mol. The lowest BCUT2D eigenvalue weighted by Crippen LogP contribution is -2.34. The zero-order chi connectivity index (χ0) is 14.5. The Hall–Kier alpha value is -1.58. The third-order valence-electron chi connectivity index (χ3n) is 3.51. The largest absolute Gasteiger partial charge is 0.382 e. The first-order chi connectivity index (χ1) is 9.69. The van der Waals surface area contributed by atoms with Gasteiger partial charge in [0.05, 0.1) is 11.3 Å². The fourth-order valence-corrected chi connectivity index (χ4v) is 2.36. The van der Waals surface area contributed by atoms with Crippen molar-refractivity contribution in [2.24, 2.45) is 0 Å². The second kappa shape index (κ2) is 6.73. The van der Waals surface area contributed by atoms with E-state index in [1.165, 1.54) is 6.07 Å². The molecule has 0 radical (unpaired) electrons. The first kappa shape index (κ1) is 14.8. The Morgan fingerprint density at radius 2 is 2.10 bits per heavy atom. The molecule has 0 heterocycles. The number of anilines is 1. The number of benzene rings is 1. The lowest BCUT2D eigenvalue weighted by molar-refractivity contribution is 0.0743. The first-order valence-electron chi connectivity index (χ1n) is 7.52. The summed E-state index contributed by atoms with van der Waals surface area (Å²) in [6.45, 7) is 5.49. The van der Waals surface area contributed by atoms with E-state index in [1.807, 2.05) is 11.8 Å². The summed E-state index contributed by atoms with van der Waals surface area (Å²) in [5, 5.41) is 3.05. The van der Waals surface area contributed by atoms with E-state index < -0.39 is 0 Å². The maximum absolute atomic E-state index is 14.0. The standard InChI is InChI=1S/C16H23FN2O/c1-3-10-18-15-13(6-5-7-14(15)17)16(20)19(11-4-2)12-8-9-12/h5-7,12,18H,3-4,8-11H2,1-2H3. The Kier molecular flexibility index (Phi) is 4.99. The Bertz CT molecular complexity index is 472. The van der Waals surface area contributed by atoms with Gasteiger partial charge in [-0.25, -0.2) is 4.39 Å². The first-order valence-corrected chi connectivity index (χ1v) is 7.52. The van der Waals surface area contributed by atoms with E-state index in [1.54, 1.807) is 12.1 Å². The molecule has 1 aromatic rings. The van der Waals surface area contributed by atoms with Crippen molar-refractivity contribution in [1.82, 2.24) is 4.90 Å². The van der Waals surface area contributed by atoms with Crippen LogP contribution in [0.3, 0.4) is 0 Å². The third-order valence-corrected chi connectivity index (χ3v) is 3.51. The molecule has 2 rings (SSSR count). The van der Waals surface area contributed by atoms with Crippen molar-refractivity contribution in [1.29, 1.82) is 0 Å². The normalized spacial score (nSPS) is 14.2. The van der Waals surface area contributed by atoms with Crippen LogP contribution < -0.4 is 5.32 Å². The number of carbonyl (C=O) groups is 1. The third kappa shape index (κ3) is 3.30. The van der Waals surface area contributed by atoms with Crippen LogP contribution in [0.25, 0.3) is 0 Å². The summed E-state index contributed by atoms with van der Waals surface area (Å²) in [4.78, 5) is 14.6. The lowest BCUT2D eigenvalue weighted by Gasteiger charge is -2.23. The second-order valence-corrected chi connectivity index (χ2v) is 5.32. The maximum atomic E-state index is 14.0. The number of para-hydroxylation sites is 1. The fourth-order valence-electron chi connectivity index (χ4n) is 2.36. The van der Waals surface area contributed by atoms with Crippen LogP contribution in [0.5, 0.6) is 0 Å². The summed E-state index contributed by atoms with van der Waals surface area (Å²) in [7, 11) is 0. The van der Waals surface area contributed by atoms with Gasteiger partial charge in [-0.05, 0) is 37.8 Å². The summed E-state index contributed by atoms with van der Waals surface area (Å²) in [6.07, 6.45) is 3.95. The summed E-state index contributed by atoms with van der Waals surface area (Å²) >= 11 is 0. The molecule has 1 amide bonds. The highest BCUT2D eigenvalue weighted by Gasteiger charge is 2.33. The average Bonchev–Trinajstić information content (AvgIpc) is 3.27. The molecule has 0 spiro atoms. The fraction of sp³-hybridized carbons (Fsp3) is 0.562. The van der Waals surface area contributed by atoms with Crippen LogP contribution in [0.1, 0.15) is 49.9 Å². The molecule has 4 heteroatoms. The van der Waals surface area contributed by atoms with E-state index in [-0.39, 0.29) is 11.7 Å². The number of hydrogen-bond donors (Lipinski definition) is 1. The molecule has 0 bridgehead atoms. The molecule has 0 atom stereocenters. The highest BCUT2D eigenvalue weighted by atomic mass is 19.1. The zero-order valence-corrected chi connectivity index (χ0v) is 12.3. The van der Waals surface area contributed by atoms with Crippen LogP contribution in [0.2, 0.25) is 0 Å². The van der Waals surface area contributed by atoms with Crippen molar-refractivity contribution < 1.29 is 9.18 Å². The predicted octanol–water partition coefficient (Wildman–Crippen LogP) is 3.66. The molecular formula is C16H23FN2O. The van der Waals surface area contributed by atoms with E-state index in [4.69, 9.17) is 0 Å². The minimum Gasteiger partial charge on any atom is -0.382 e. The van der Waals surface area contributed by atoms with Gasteiger partial charge in [0.25, 0.3) is 5.91 Å². The molecule has 1 aliphatic rings. The number of rotatable bonds is 7. The second-order valence-electron chi connectivity index (χ2n) is 5.32. The number of carbonyl (C=O) groups excluding carboxylic acids is 1. The molecule has 110 valence electrons. The van der Waals surface area contributed by atoms with E-state index in [0.717, 1.165) is 32.2 Å². The van der Waals surface area contributed by atoms with Crippen molar-refractivity contribution in [3.05, 3.63) is 29.6 Å². The Balaban J connectivity index is 2.25. The van der Waals surface area contributed by atoms with E-state index in [0.29, 0.717) is 23.8 Å². The molecule has 0 aliphatic heterocycles. The molecule has 0 unspecified atom stereocenters. The van der Waals surface area contributed by atoms with Gasteiger partial charge >= 0.3 is 0 Å². The Morgan fingerprint density at radius 3 is 2.70 bits per heavy atom. The lowest BCUT2D eigenvalue weighted by atomic mass is 10.1. The van der Waals surface area contributed by atoms with Crippen LogP contribution >= 0.6 is 0 Å². The zero-order valence-electron chi connectivity index (χ0n) is 12.3. The quantitative estimate of drug-likeness (QED) is 0.825. The van der Waals surface area contributed by atoms with Gasteiger partial charge in [-0.3, -0.25) is 4.79 Å². The van der Waals surface area contributed by atoms with Gasteiger partial charge in [0.1, 0.15) is 5.82 Å². The Morgan fingerprint density at radius 1 is 1.35 bits per heavy atom. The van der Waals surface area contributed by atoms with Crippen molar-refractivity contribution in [3.8, 4) is 0 Å². The molecule has 1 N–H and O–H groups in total. The number of halogens is 1. The Labute approximate surface area is 120 Å². The summed E-state index contributed by atoms with van der Waals surface area (Å²) in [6, 6.07) is 5.08. The molecule has 1 aromatic carbocycles.